The molecule has 0 radical (unpaired) electrons. The van der Waals surface area contributed by atoms with E-state index < -0.39 is 46.9 Å². The van der Waals surface area contributed by atoms with Crippen LogP contribution in [0.4, 0.5) is 0 Å². The number of aliphatic hydroxyl groups excluding tert-OH is 3. The minimum absolute atomic E-state index is 0.146. The minimum atomic E-state index is -5.30. The van der Waals surface area contributed by atoms with Crippen LogP contribution < -0.4 is 0 Å². The monoisotopic (exact) mass is 324 g/mol. The first-order chi connectivity index (χ1) is 8.54. The van der Waals surface area contributed by atoms with Crippen molar-refractivity contribution in [2.45, 2.75) is 31.0 Å². The number of phosphoric ester groups is 1. The van der Waals surface area contributed by atoms with Crippen molar-refractivity contribution < 1.29 is 52.7 Å². The molecule has 1 fully saturated rings. The van der Waals surface area contributed by atoms with Crippen LogP contribution in [0.15, 0.2) is 0 Å². The van der Waals surface area contributed by atoms with Crippen molar-refractivity contribution >= 4 is 15.6 Å². The highest BCUT2D eigenvalue weighted by Gasteiger charge is 2.43. The van der Waals surface area contributed by atoms with Crippen LogP contribution in [0.3, 0.4) is 0 Å². The van der Waals surface area contributed by atoms with Crippen LogP contribution in [-0.4, -0.2) is 61.2 Å². The molecule has 19 heavy (non-hydrogen) atoms. The molecule has 13 heteroatoms. The van der Waals surface area contributed by atoms with E-state index in [0.717, 1.165) is 0 Å². The van der Waals surface area contributed by atoms with Gasteiger partial charge in [-0.15, -0.1) is 0 Å². The van der Waals surface area contributed by atoms with Crippen molar-refractivity contribution in [3.05, 3.63) is 0 Å². The Morgan fingerprint density at radius 2 is 1.79 bits per heavy atom. The largest absolute Gasteiger partial charge is 0.483 e. The summed E-state index contributed by atoms with van der Waals surface area (Å²) in [5.41, 5.74) is 0. The maximum Gasteiger partial charge on any atom is 0.483 e. The van der Waals surface area contributed by atoms with E-state index >= 15 is 0 Å². The van der Waals surface area contributed by atoms with Gasteiger partial charge in [0.25, 0.3) is 0 Å². The van der Waals surface area contributed by atoms with Crippen LogP contribution in [-0.2, 0) is 22.7 Å². The zero-order valence-corrected chi connectivity index (χ0v) is 11.1. The molecule has 1 unspecified atom stereocenters. The molecule has 0 aromatic heterocycles. The lowest BCUT2D eigenvalue weighted by molar-refractivity contribution is -0.244. The summed E-state index contributed by atoms with van der Waals surface area (Å²) in [5, 5.41) is 27.7. The molecule has 0 aromatic rings. The lowest BCUT2D eigenvalue weighted by Gasteiger charge is -2.36. The Labute approximate surface area is 107 Å². The number of aliphatic hydroxyl groups is 3. The van der Waals surface area contributed by atoms with Crippen LogP contribution in [0.5, 0.6) is 0 Å². The highest BCUT2D eigenvalue weighted by Crippen LogP contribution is 2.58. The first kappa shape index (κ1) is 17.2. The van der Waals surface area contributed by atoms with Gasteiger partial charge in [0.15, 0.2) is 6.29 Å². The lowest BCUT2D eigenvalue weighted by atomic mass is 10.0. The van der Waals surface area contributed by atoms with E-state index in [1.54, 1.807) is 0 Å². The number of hydrogen-bond acceptors (Lipinski definition) is 8. The van der Waals surface area contributed by atoms with Crippen molar-refractivity contribution in [1.29, 1.82) is 0 Å². The van der Waals surface area contributed by atoms with Crippen molar-refractivity contribution in [3.8, 4) is 0 Å². The third kappa shape index (κ3) is 5.54. The van der Waals surface area contributed by atoms with Crippen molar-refractivity contribution in [2.75, 3.05) is 6.61 Å². The van der Waals surface area contributed by atoms with E-state index in [2.05, 4.69) is 8.83 Å². The Morgan fingerprint density at radius 3 is 2.26 bits per heavy atom. The van der Waals surface area contributed by atoms with Gasteiger partial charge < -0.3 is 34.7 Å². The first-order valence-corrected chi connectivity index (χ1v) is 7.97. The lowest BCUT2D eigenvalue weighted by Crippen LogP contribution is -2.50. The van der Waals surface area contributed by atoms with Gasteiger partial charge in [0, 0.05) is 6.42 Å². The SMILES string of the molecule is O=P(O)(O)OP(=O)(O)O[C@H]1O[C@H](CO)C[C@H](O)[C@H]1O. The third-order valence-electron chi connectivity index (χ3n) is 2.15. The molecule has 0 saturated carbocycles. The molecule has 5 atom stereocenters. The minimum Gasteiger partial charge on any atom is -0.394 e. The molecule has 1 rings (SSSR count). The van der Waals surface area contributed by atoms with Crippen LogP contribution in [0.1, 0.15) is 6.42 Å². The molecule has 1 aliphatic heterocycles. The highest BCUT2D eigenvalue weighted by atomic mass is 31.3. The zero-order valence-electron chi connectivity index (χ0n) is 9.34. The fourth-order valence-electron chi connectivity index (χ4n) is 1.41. The fourth-order valence-corrected chi connectivity index (χ4v) is 3.07. The quantitative estimate of drug-likeness (QED) is 0.309. The summed E-state index contributed by atoms with van der Waals surface area (Å²) in [6.45, 7) is -0.557. The summed E-state index contributed by atoms with van der Waals surface area (Å²) in [4.78, 5) is 25.8. The average Bonchev–Trinajstić information content (AvgIpc) is 2.20. The van der Waals surface area contributed by atoms with Gasteiger partial charge >= 0.3 is 15.6 Å². The molecule has 114 valence electrons. The Balaban J connectivity index is 2.73. The van der Waals surface area contributed by atoms with Crippen molar-refractivity contribution in [1.82, 2.24) is 0 Å². The predicted molar refractivity (Wildman–Crippen MR) is 56.4 cm³/mol. The summed E-state index contributed by atoms with van der Waals surface area (Å²) in [5.74, 6) is 0. The van der Waals surface area contributed by atoms with Gasteiger partial charge in [-0.25, -0.2) is 9.13 Å². The van der Waals surface area contributed by atoms with E-state index in [9.17, 15) is 19.3 Å². The number of ether oxygens (including phenoxy) is 1. The topological polar surface area (TPSA) is 183 Å². The normalized spacial score (nSPS) is 35.9. The van der Waals surface area contributed by atoms with Gasteiger partial charge in [-0.3, -0.25) is 4.52 Å². The second-order valence-electron chi connectivity index (χ2n) is 3.75. The van der Waals surface area contributed by atoms with E-state index in [4.69, 9.17) is 24.5 Å². The second-order valence-corrected chi connectivity index (χ2v) is 6.53. The Kier molecular flexibility index (Phi) is 5.64. The summed E-state index contributed by atoms with van der Waals surface area (Å²) in [6, 6.07) is 0. The predicted octanol–water partition coefficient (Wildman–Crippen LogP) is -1.96. The fraction of sp³-hybridized carbons (Fsp3) is 1.00. The van der Waals surface area contributed by atoms with Crippen LogP contribution >= 0.6 is 15.6 Å². The molecule has 1 heterocycles. The van der Waals surface area contributed by atoms with Gasteiger partial charge in [0.1, 0.15) is 6.10 Å². The summed E-state index contributed by atoms with van der Waals surface area (Å²) in [7, 11) is -10.5. The van der Waals surface area contributed by atoms with E-state index in [1.807, 2.05) is 0 Å². The van der Waals surface area contributed by atoms with Gasteiger partial charge in [-0.05, 0) is 0 Å². The van der Waals surface area contributed by atoms with Gasteiger partial charge in [-0.2, -0.15) is 4.31 Å². The Hall–Kier alpha value is 0.1000. The van der Waals surface area contributed by atoms with E-state index in [0.29, 0.717) is 0 Å². The van der Waals surface area contributed by atoms with Crippen LogP contribution in [0.2, 0.25) is 0 Å². The third-order valence-corrected chi connectivity index (χ3v) is 4.30. The maximum absolute atomic E-state index is 11.2. The van der Waals surface area contributed by atoms with Gasteiger partial charge in [0.2, 0.25) is 0 Å². The summed E-state index contributed by atoms with van der Waals surface area (Å²) < 4.78 is 34.2. The second kappa shape index (κ2) is 6.25. The molecule has 11 nitrogen and oxygen atoms in total. The average molecular weight is 324 g/mol. The van der Waals surface area contributed by atoms with E-state index in [-0.39, 0.29) is 6.42 Å². The number of hydrogen-bond donors (Lipinski definition) is 6. The van der Waals surface area contributed by atoms with E-state index in [1.165, 1.54) is 0 Å². The number of rotatable bonds is 5. The van der Waals surface area contributed by atoms with Crippen LogP contribution in [0, 0.1) is 0 Å². The molecular formula is C6H14O11P2. The molecule has 6 N–H and O–H groups in total. The van der Waals surface area contributed by atoms with Crippen LogP contribution in [0.25, 0.3) is 0 Å². The summed E-state index contributed by atoms with van der Waals surface area (Å²) >= 11 is 0. The molecule has 0 amide bonds. The molecule has 1 saturated heterocycles. The van der Waals surface area contributed by atoms with Gasteiger partial charge in [-0.1, -0.05) is 0 Å². The number of phosphoric acid groups is 2. The summed E-state index contributed by atoms with van der Waals surface area (Å²) in [6.07, 6.45) is -6.16. The molecule has 0 spiro atoms. The standard InChI is InChI=1S/C6H14O11P2/c7-2-3-1-4(8)5(9)6(15-3)16-19(13,14)17-18(10,11)12/h3-9H,1-2H2,(H,13,14)(H2,10,11,12)/t3-,4-,5+,6+/m0/s1. The first-order valence-electron chi connectivity index (χ1n) is 4.94. The van der Waals surface area contributed by atoms with Crippen molar-refractivity contribution in [3.63, 3.8) is 0 Å². The smallest absolute Gasteiger partial charge is 0.394 e. The highest BCUT2D eigenvalue weighted by molar-refractivity contribution is 7.60. The molecule has 0 aromatic carbocycles. The molecule has 1 aliphatic rings. The van der Waals surface area contributed by atoms with Gasteiger partial charge in [0.05, 0.1) is 18.8 Å². The molecular weight excluding hydrogens is 310 g/mol. The Bertz CT molecular complexity index is 393. The maximum atomic E-state index is 11.2. The molecule has 0 bridgehead atoms. The molecule has 0 aliphatic carbocycles. The Morgan fingerprint density at radius 1 is 1.21 bits per heavy atom. The van der Waals surface area contributed by atoms with Crippen molar-refractivity contribution in [2.24, 2.45) is 0 Å². The zero-order chi connectivity index (χ0) is 14.8.